The van der Waals surface area contributed by atoms with Crippen LogP contribution in [-0.2, 0) is 6.54 Å². The third kappa shape index (κ3) is 2.59. The summed E-state index contributed by atoms with van der Waals surface area (Å²) in [6.07, 6.45) is 5.69. The third-order valence-corrected chi connectivity index (χ3v) is 2.79. The molecule has 2 N–H and O–H groups in total. The van der Waals surface area contributed by atoms with Crippen LogP contribution in [0.4, 0.5) is 0 Å². The minimum atomic E-state index is -0.113. The maximum Gasteiger partial charge on any atom is 0.117 e. The summed E-state index contributed by atoms with van der Waals surface area (Å²) >= 11 is 0. The lowest BCUT2D eigenvalue weighted by Crippen LogP contribution is -2.35. The Labute approximate surface area is 84.1 Å². The zero-order valence-electron chi connectivity index (χ0n) is 8.28. The molecule has 2 atom stereocenters. The standard InChI is InChI=1S/C11H17NO2/c13-10-4-1-3-9(7-10)12-8-11-5-2-6-14-11/h2,5-6,9-10,12-13H,1,3-4,7-8H2. The normalized spacial score (nSPS) is 27.8. The van der Waals surface area contributed by atoms with E-state index in [1.165, 1.54) is 0 Å². The summed E-state index contributed by atoms with van der Waals surface area (Å²) in [5, 5.41) is 12.9. The average molecular weight is 195 g/mol. The van der Waals surface area contributed by atoms with Gasteiger partial charge in [-0.15, -0.1) is 0 Å². The first kappa shape index (κ1) is 9.74. The van der Waals surface area contributed by atoms with Crippen LogP contribution < -0.4 is 5.32 Å². The molecule has 0 amide bonds. The summed E-state index contributed by atoms with van der Waals surface area (Å²) in [6.45, 7) is 0.768. The molecule has 0 radical (unpaired) electrons. The van der Waals surface area contributed by atoms with E-state index in [2.05, 4.69) is 5.32 Å². The fraction of sp³-hybridized carbons (Fsp3) is 0.636. The van der Waals surface area contributed by atoms with Gasteiger partial charge in [0.05, 0.1) is 18.9 Å². The number of hydrogen-bond acceptors (Lipinski definition) is 3. The van der Waals surface area contributed by atoms with Gasteiger partial charge in [-0.1, -0.05) is 0 Å². The first-order chi connectivity index (χ1) is 6.84. The van der Waals surface area contributed by atoms with Crippen LogP contribution in [-0.4, -0.2) is 17.3 Å². The molecule has 0 bridgehead atoms. The molecular formula is C11H17NO2. The van der Waals surface area contributed by atoms with E-state index in [9.17, 15) is 5.11 Å². The van der Waals surface area contributed by atoms with Crippen LogP contribution in [0.3, 0.4) is 0 Å². The molecule has 0 saturated heterocycles. The van der Waals surface area contributed by atoms with Gasteiger partial charge in [0, 0.05) is 6.04 Å². The fourth-order valence-corrected chi connectivity index (χ4v) is 2.01. The molecule has 1 fully saturated rings. The Balaban J connectivity index is 1.75. The number of rotatable bonds is 3. The Morgan fingerprint density at radius 2 is 2.43 bits per heavy atom. The Kier molecular flexibility index (Phi) is 3.22. The molecule has 2 unspecified atom stereocenters. The monoisotopic (exact) mass is 195 g/mol. The molecule has 14 heavy (non-hydrogen) atoms. The summed E-state index contributed by atoms with van der Waals surface area (Å²) in [5.41, 5.74) is 0. The SMILES string of the molecule is OC1CCCC(NCc2ccco2)C1. The van der Waals surface area contributed by atoms with Gasteiger partial charge in [0.15, 0.2) is 0 Å². The van der Waals surface area contributed by atoms with Crippen LogP contribution in [0.5, 0.6) is 0 Å². The summed E-state index contributed by atoms with van der Waals surface area (Å²) in [5.74, 6) is 0.963. The van der Waals surface area contributed by atoms with Crippen LogP contribution >= 0.6 is 0 Å². The Bertz CT molecular complexity index is 258. The highest BCUT2D eigenvalue weighted by Gasteiger charge is 2.19. The van der Waals surface area contributed by atoms with Crippen molar-refractivity contribution in [2.45, 2.75) is 44.4 Å². The predicted octanol–water partition coefficient (Wildman–Crippen LogP) is 1.67. The van der Waals surface area contributed by atoms with Crippen molar-refractivity contribution < 1.29 is 9.52 Å². The predicted molar refractivity (Wildman–Crippen MR) is 53.8 cm³/mol. The van der Waals surface area contributed by atoms with Gasteiger partial charge < -0.3 is 14.8 Å². The van der Waals surface area contributed by atoms with Gasteiger partial charge in [0.2, 0.25) is 0 Å². The molecular weight excluding hydrogens is 178 g/mol. The van der Waals surface area contributed by atoms with E-state index in [1.54, 1.807) is 6.26 Å². The van der Waals surface area contributed by atoms with Crippen LogP contribution in [0.25, 0.3) is 0 Å². The molecule has 0 aromatic carbocycles. The van der Waals surface area contributed by atoms with Crippen LogP contribution in [0.1, 0.15) is 31.4 Å². The first-order valence-corrected chi connectivity index (χ1v) is 5.28. The third-order valence-electron chi connectivity index (χ3n) is 2.79. The minimum Gasteiger partial charge on any atom is -0.468 e. The number of aliphatic hydroxyl groups is 1. The van der Waals surface area contributed by atoms with Crippen LogP contribution in [0.15, 0.2) is 22.8 Å². The Morgan fingerprint density at radius 3 is 3.14 bits per heavy atom. The maximum absolute atomic E-state index is 9.47. The topological polar surface area (TPSA) is 45.4 Å². The molecule has 1 heterocycles. The van der Waals surface area contributed by atoms with Gasteiger partial charge in [-0.2, -0.15) is 0 Å². The fourth-order valence-electron chi connectivity index (χ4n) is 2.01. The lowest BCUT2D eigenvalue weighted by Gasteiger charge is -2.26. The van der Waals surface area contributed by atoms with Crippen LogP contribution in [0, 0.1) is 0 Å². The summed E-state index contributed by atoms with van der Waals surface area (Å²) in [4.78, 5) is 0. The second kappa shape index (κ2) is 4.62. The Morgan fingerprint density at radius 1 is 1.50 bits per heavy atom. The van der Waals surface area contributed by atoms with Gasteiger partial charge in [0.25, 0.3) is 0 Å². The van der Waals surface area contributed by atoms with Gasteiger partial charge in [0.1, 0.15) is 5.76 Å². The smallest absolute Gasteiger partial charge is 0.117 e. The molecule has 1 aliphatic rings. The minimum absolute atomic E-state index is 0.113. The molecule has 3 nitrogen and oxygen atoms in total. The van der Waals surface area contributed by atoms with E-state index < -0.39 is 0 Å². The van der Waals surface area contributed by atoms with Crippen molar-refractivity contribution in [1.82, 2.24) is 5.32 Å². The molecule has 1 aromatic heterocycles. The largest absolute Gasteiger partial charge is 0.468 e. The Hall–Kier alpha value is -0.800. The highest BCUT2D eigenvalue weighted by Crippen LogP contribution is 2.18. The van der Waals surface area contributed by atoms with Crippen molar-refractivity contribution in [2.24, 2.45) is 0 Å². The summed E-state index contributed by atoms with van der Waals surface area (Å²) in [7, 11) is 0. The number of nitrogens with one attached hydrogen (secondary N) is 1. The van der Waals surface area contributed by atoms with Gasteiger partial charge in [-0.3, -0.25) is 0 Å². The van der Waals surface area contributed by atoms with E-state index in [1.807, 2.05) is 12.1 Å². The zero-order valence-corrected chi connectivity index (χ0v) is 8.28. The van der Waals surface area contributed by atoms with E-state index >= 15 is 0 Å². The number of hydrogen-bond donors (Lipinski definition) is 2. The molecule has 3 heteroatoms. The van der Waals surface area contributed by atoms with Gasteiger partial charge >= 0.3 is 0 Å². The van der Waals surface area contributed by atoms with Crippen molar-refractivity contribution in [3.63, 3.8) is 0 Å². The van der Waals surface area contributed by atoms with Crippen molar-refractivity contribution in [3.05, 3.63) is 24.2 Å². The molecule has 1 saturated carbocycles. The zero-order chi connectivity index (χ0) is 9.80. The van der Waals surface area contributed by atoms with E-state index in [0.717, 1.165) is 38.0 Å². The van der Waals surface area contributed by atoms with Crippen molar-refractivity contribution in [3.8, 4) is 0 Å². The second-order valence-electron chi connectivity index (χ2n) is 3.98. The van der Waals surface area contributed by atoms with Crippen molar-refractivity contribution >= 4 is 0 Å². The number of furan rings is 1. The molecule has 1 aliphatic carbocycles. The van der Waals surface area contributed by atoms with Crippen molar-refractivity contribution in [2.75, 3.05) is 0 Å². The van der Waals surface area contributed by atoms with Crippen molar-refractivity contribution in [1.29, 1.82) is 0 Å². The summed E-state index contributed by atoms with van der Waals surface area (Å²) in [6, 6.07) is 4.31. The molecule has 78 valence electrons. The molecule has 0 aliphatic heterocycles. The average Bonchev–Trinajstić information content (AvgIpc) is 2.67. The first-order valence-electron chi connectivity index (χ1n) is 5.28. The lowest BCUT2D eigenvalue weighted by atomic mass is 9.93. The molecule has 2 rings (SSSR count). The van der Waals surface area contributed by atoms with E-state index in [0.29, 0.717) is 6.04 Å². The van der Waals surface area contributed by atoms with E-state index in [-0.39, 0.29) is 6.10 Å². The highest BCUT2D eigenvalue weighted by molar-refractivity contribution is 4.98. The molecule has 0 spiro atoms. The number of aliphatic hydroxyl groups excluding tert-OH is 1. The molecule has 1 aromatic rings. The summed E-state index contributed by atoms with van der Waals surface area (Å²) < 4.78 is 5.23. The second-order valence-corrected chi connectivity index (χ2v) is 3.98. The van der Waals surface area contributed by atoms with Crippen LogP contribution in [0.2, 0.25) is 0 Å². The maximum atomic E-state index is 9.47. The van der Waals surface area contributed by atoms with E-state index in [4.69, 9.17) is 4.42 Å². The lowest BCUT2D eigenvalue weighted by molar-refractivity contribution is 0.111. The van der Waals surface area contributed by atoms with Gasteiger partial charge in [-0.05, 0) is 37.8 Å². The quantitative estimate of drug-likeness (QED) is 0.771. The van der Waals surface area contributed by atoms with Gasteiger partial charge in [-0.25, -0.2) is 0 Å². The highest BCUT2D eigenvalue weighted by atomic mass is 16.3.